The van der Waals surface area contributed by atoms with Crippen LogP contribution in [0.15, 0.2) is 78.9 Å². The van der Waals surface area contributed by atoms with E-state index in [0.29, 0.717) is 36.8 Å². The van der Waals surface area contributed by atoms with E-state index in [0.717, 1.165) is 17.7 Å². The van der Waals surface area contributed by atoms with E-state index in [4.69, 9.17) is 14.2 Å². The number of hydrogen-bond acceptors (Lipinski definition) is 5. The van der Waals surface area contributed by atoms with Crippen molar-refractivity contribution in [3.05, 3.63) is 90.0 Å². The highest BCUT2D eigenvalue weighted by atomic mass is 19.4. The Kier molecular flexibility index (Phi) is 9.14. The fourth-order valence-electron chi connectivity index (χ4n) is 3.40. The first-order chi connectivity index (χ1) is 16.7. The number of halogens is 3. The van der Waals surface area contributed by atoms with Gasteiger partial charge in [0, 0.05) is 13.0 Å². The van der Waals surface area contributed by atoms with Crippen molar-refractivity contribution >= 4 is 5.97 Å². The molecule has 1 unspecified atom stereocenters. The number of carbonyl (C=O) groups is 1. The summed E-state index contributed by atoms with van der Waals surface area (Å²) in [7, 11) is 1.85. The third-order valence-electron chi connectivity index (χ3n) is 5.17. The Balaban J connectivity index is 1.63. The summed E-state index contributed by atoms with van der Waals surface area (Å²) in [6.45, 7) is 2.94. The van der Waals surface area contributed by atoms with Crippen LogP contribution >= 0.6 is 0 Å². The van der Waals surface area contributed by atoms with Gasteiger partial charge in [0.25, 0.3) is 0 Å². The van der Waals surface area contributed by atoms with E-state index < -0.39 is 11.7 Å². The highest BCUT2D eigenvalue weighted by Gasteiger charge is 2.30. The summed E-state index contributed by atoms with van der Waals surface area (Å²) in [5.41, 5.74) is 0.274. The third kappa shape index (κ3) is 8.33. The molecule has 0 heterocycles. The number of benzene rings is 3. The summed E-state index contributed by atoms with van der Waals surface area (Å²) in [6.07, 6.45) is -3.99. The average molecular weight is 488 g/mol. The lowest BCUT2D eigenvalue weighted by Crippen LogP contribution is -2.29. The van der Waals surface area contributed by atoms with Gasteiger partial charge in [-0.1, -0.05) is 30.3 Å². The Hall–Kier alpha value is -3.52. The number of nitrogens with zero attached hydrogens (tertiary/aromatic N) is 1. The van der Waals surface area contributed by atoms with Crippen LogP contribution in [0.1, 0.15) is 30.6 Å². The summed E-state index contributed by atoms with van der Waals surface area (Å²) in [4.78, 5) is 13.6. The summed E-state index contributed by atoms with van der Waals surface area (Å²) in [6, 6.07) is 21.2. The van der Waals surface area contributed by atoms with Gasteiger partial charge in [-0.25, -0.2) is 0 Å². The largest absolute Gasteiger partial charge is 0.486 e. The minimum Gasteiger partial charge on any atom is -0.486 e. The minimum atomic E-state index is -4.39. The zero-order valence-corrected chi connectivity index (χ0v) is 19.6. The van der Waals surface area contributed by atoms with Gasteiger partial charge in [0.15, 0.2) is 0 Å². The molecule has 3 aromatic carbocycles. The molecule has 0 aliphatic rings. The molecule has 186 valence electrons. The topological polar surface area (TPSA) is 48.0 Å². The summed E-state index contributed by atoms with van der Waals surface area (Å²) in [5.74, 6) is 1.13. The molecule has 0 aliphatic heterocycles. The molecule has 5 nitrogen and oxygen atoms in total. The predicted octanol–water partition coefficient (Wildman–Crippen LogP) is 6.50. The van der Waals surface area contributed by atoms with Crippen molar-refractivity contribution in [2.75, 3.05) is 26.7 Å². The molecule has 8 heteroatoms. The van der Waals surface area contributed by atoms with E-state index in [1.807, 2.05) is 42.3 Å². The fraction of sp³-hybridized carbons (Fsp3) is 0.296. The number of rotatable bonds is 11. The summed E-state index contributed by atoms with van der Waals surface area (Å²) in [5, 5.41) is 0. The summed E-state index contributed by atoms with van der Waals surface area (Å²) < 4.78 is 55.1. The molecule has 35 heavy (non-hydrogen) atoms. The van der Waals surface area contributed by atoms with Crippen molar-refractivity contribution in [1.82, 2.24) is 4.90 Å². The Labute approximate surface area is 203 Å². The monoisotopic (exact) mass is 487 g/mol. The molecular formula is C27H28F3NO4. The minimum absolute atomic E-state index is 0.200. The first kappa shape index (κ1) is 26.1. The number of likely N-dealkylation sites (N-methyl/N-ethyl adjacent to an activating group) is 1. The Morgan fingerprint density at radius 3 is 2.03 bits per heavy atom. The van der Waals surface area contributed by atoms with E-state index >= 15 is 0 Å². The molecule has 3 aromatic rings. The van der Waals surface area contributed by atoms with Crippen molar-refractivity contribution in [3.63, 3.8) is 0 Å². The van der Waals surface area contributed by atoms with Gasteiger partial charge in [-0.3, -0.25) is 9.69 Å². The normalized spacial score (nSPS) is 12.3. The van der Waals surface area contributed by atoms with Gasteiger partial charge in [0.05, 0.1) is 18.7 Å². The Bertz CT molecular complexity index is 1050. The first-order valence-corrected chi connectivity index (χ1v) is 11.3. The molecule has 0 saturated carbocycles. The maximum absolute atomic E-state index is 12.7. The van der Waals surface area contributed by atoms with Gasteiger partial charge in [-0.2, -0.15) is 13.2 Å². The van der Waals surface area contributed by atoms with Crippen LogP contribution in [0.3, 0.4) is 0 Å². The van der Waals surface area contributed by atoms with Gasteiger partial charge < -0.3 is 14.2 Å². The van der Waals surface area contributed by atoms with Gasteiger partial charge in [-0.05, 0) is 68.1 Å². The van der Waals surface area contributed by atoms with Gasteiger partial charge in [-0.15, -0.1) is 0 Å². The van der Waals surface area contributed by atoms with E-state index in [1.165, 1.54) is 12.1 Å². The van der Waals surface area contributed by atoms with Crippen LogP contribution in [0, 0.1) is 0 Å². The molecule has 1 atom stereocenters. The van der Waals surface area contributed by atoms with Crippen LogP contribution in [0.2, 0.25) is 0 Å². The number of hydrogen-bond donors (Lipinski definition) is 0. The molecule has 0 fully saturated rings. The lowest BCUT2D eigenvalue weighted by Gasteiger charge is -2.23. The number of esters is 1. The van der Waals surface area contributed by atoms with Crippen molar-refractivity contribution in [2.24, 2.45) is 0 Å². The van der Waals surface area contributed by atoms with Crippen molar-refractivity contribution in [1.29, 1.82) is 0 Å². The van der Waals surface area contributed by atoms with Crippen molar-refractivity contribution < 1.29 is 32.2 Å². The zero-order valence-electron chi connectivity index (χ0n) is 19.6. The molecule has 0 aromatic heterocycles. The molecular weight excluding hydrogens is 459 g/mol. The van der Waals surface area contributed by atoms with Gasteiger partial charge in [0.2, 0.25) is 0 Å². The maximum atomic E-state index is 12.7. The quantitative estimate of drug-likeness (QED) is 0.289. The van der Waals surface area contributed by atoms with Crippen LogP contribution in [0.25, 0.3) is 0 Å². The molecule has 0 bridgehead atoms. The number of carbonyl (C=O) groups excluding carboxylic acids is 1. The smallest absolute Gasteiger partial charge is 0.416 e. The van der Waals surface area contributed by atoms with Crippen LogP contribution in [-0.4, -0.2) is 37.6 Å². The van der Waals surface area contributed by atoms with Crippen LogP contribution in [-0.2, 0) is 15.7 Å². The Morgan fingerprint density at radius 2 is 1.46 bits per heavy atom. The SMILES string of the molecule is CCOC(=O)CN(C)CCC(Oc1ccc(Oc2ccc(C(F)(F)F)cc2)cc1)c1ccccc1. The van der Waals surface area contributed by atoms with Crippen molar-refractivity contribution in [3.8, 4) is 17.2 Å². The third-order valence-corrected chi connectivity index (χ3v) is 5.17. The lowest BCUT2D eigenvalue weighted by atomic mass is 10.1. The zero-order chi connectivity index (χ0) is 25.3. The van der Waals surface area contributed by atoms with Gasteiger partial charge in [0.1, 0.15) is 23.4 Å². The van der Waals surface area contributed by atoms with Crippen LogP contribution in [0.4, 0.5) is 13.2 Å². The molecule has 0 aliphatic carbocycles. The fourth-order valence-corrected chi connectivity index (χ4v) is 3.40. The van der Waals surface area contributed by atoms with Gasteiger partial charge >= 0.3 is 12.1 Å². The highest BCUT2D eigenvalue weighted by Crippen LogP contribution is 2.32. The average Bonchev–Trinajstić information content (AvgIpc) is 2.83. The molecule has 3 rings (SSSR count). The molecule has 0 N–H and O–H groups in total. The standard InChI is InChI=1S/C27H28F3NO4/c1-3-33-26(32)19-31(2)18-17-25(20-7-5-4-6-8-20)35-24-15-13-23(14-16-24)34-22-11-9-21(10-12-22)27(28,29)30/h4-16,25H,3,17-19H2,1-2H3. The molecule has 0 spiro atoms. The van der Waals surface area contributed by atoms with E-state index in [-0.39, 0.29) is 18.6 Å². The lowest BCUT2D eigenvalue weighted by molar-refractivity contribution is -0.144. The molecule has 0 amide bonds. The second-order valence-corrected chi connectivity index (χ2v) is 7.94. The van der Waals surface area contributed by atoms with E-state index in [1.54, 1.807) is 31.2 Å². The summed E-state index contributed by atoms with van der Waals surface area (Å²) >= 11 is 0. The van der Waals surface area contributed by atoms with Crippen LogP contribution < -0.4 is 9.47 Å². The second kappa shape index (κ2) is 12.3. The van der Waals surface area contributed by atoms with E-state index in [9.17, 15) is 18.0 Å². The van der Waals surface area contributed by atoms with E-state index in [2.05, 4.69) is 0 Å². The first-order valence-electron chi connectivity index (χ1n) is 11.3. The maximum Gasteiger partial charge on any atom is 0.416 e. The van der Waals surface area contributed by atoms with Crippen molar-refractivity contribution in [2.45, 2.75) is 25.6 Å². The number of ether oxygens (including phenoxy) is 3. The molecule has 0 saturated heterocycles. The Morgan fingerprint density at radius 1 is 0.886 bits per heavy atom. The molecule has 0 radical (unpaired) electrons. The predicted molar refractivity (Wildman–Crippen MR) is 127 cm³/mol. The number of alkyl halides is 3. The highest BCUT2D eigenvalue weighted by molar-refractivity contribution is 5.71. The second-order valence-electron chi connectivity index (χ2n) is 7.94. The van der Waals surface area contributed by atoms with Crippen LogP contribution in [0.5, 0.6) is 17.2 Å².